The number of ether oxygens (including phenoxy) is 1. The van der Waals surface area contributed by atoms with Crippen molar-refractivity contribution in [1.29, 1.82) is 0 Å². The van der Waals surface area contributed by atoms with Crippen LogP contribution in [0.15, 0.2) is 57.8 Å². The Morgan fingerprint density at radius 1 is 1.16 bits per heavy atom. The molecule has 0 radical (unpaired) electrons. The summed E-state index contributed by atoms with van der Waals surface area (Å²) in [5, 5.41) is 10.5. The molecule has 2 aromatic carbocycles. The Bertz CT molecular complexity index is 1500. The molecule has 0 aliphatic rings. The van der Waals surface area contributed by atoms with E-state index >= 15 is 0 Å². The molecule has 0 fully saturated rings. The molecule has 0 saturated carbocycles. The molecule has 0 saturated heterocycles. The van der Waals surface area contributed by atoms with Crippen LogP contribution in [0.25, 0.3) is 0 Å². The molecule has 2 amide bonds. The maximum Gasteiger partial charge on any atom is 0.417 e. The molecule has 0 spiro atoms. The lowest BCUT2D eigenvalue weighted by Crippen LogP contribution is -2.15. The first-order chi connectivity index (χ1) is 17.2. The summed E-state index contributed by atoms with van der Waals surface area (Å²) in [7, 11) is -3.27. The molecular formula is C23H18ClF4N3O5S. The first-order valence-corrected chi connectivity index (χ1v) is 12.5. The van der Waals surface area contributed by atoms with Crippen molar-refractivity contribution in [2.45, 2.75) is 18.0 Å². The van der Waals surface area contributed by atoms with Crippen molar-refractivity contribution in [3.8, 4) is 11.5 Å². The summed E-state index contributed by atoms with van der Waals surface area (Å²) in [6.07, 6.45) is -3.71. The van der Waals surface area contributed by atoms with E-state index in [9.17, 15) is 31.4 Å². The molecule has 14 heteroatoms. The number of benzene rings is 2. The van der Waals surface area contributed by atoms with Gasteiger partial charge in [0.1, 0.15) is 18.1 Å². The third kappa shape index (κ3) is 6.81. The van der Waals surface area contributed by atoms with E-state index in [-0.39, 0.29) is 22.0 Å². The number of aliphatic hydroxyl groups is 1. The standard InChI is InChI=1S/C23H18ClF4N3O5S/c1-12-18(6-7-20(25)29-12)36-19-10-16(23(26,27)28)17(24)9-15(19)22(34)30-13-4-3-5-14(8-13)37(2,35)31-21(33)11-32/h3-10,32H,11H2,1-2H3,(H,30,34)/t37-/m1/s1. The highest BCUT2D eigenvalue weighted by atomic mass is 35.5. The highest BCUT2D eigenvalue weighted by Gasteiger charge is 2.35. The van der Waals surface area contributed by atoms with Crippen LogP contribution in [0.3, 0.4) is 0 Å². The minimum atomic E-state index is -4.87. The van der Waals surface area contributed by atoms with Gasteiger partial charge in [-0.3, -0.25) is 9.59 Å². The average molecular weight is 560 g/mol. The zero-order chi connectivity index (χ0) is 27.5. The Morgan fingerprint density at radius 3 is 2.49 bits per heavy atom. The van der Waals surface area contributed by atoms with E-state index in [1.54, 1.807) is 0 Å². The third-order valence-corrected chi connectivity index (χ3v) is 6.78. The van der Waals surface area contributed by atoms with Crippen LogP contribution in [0.2, 0.25) is 5.02 Å². The van der Waals surface area contributed by atoms with E-state index in [2.05, 4.69) is 14.7 Å². The van der Waals surface area contributed by atoms with Crippen LogP contribution in [0.1, 0.15) is 21.6 Å². The second-order valence-electron chi connectivity index (χ2n) is 7.57. The summed E-state index contributed by atoms with van der Waals surface area (Å²) < 4.78 is 75.5. The number of aromatic nitrogens is 1. The molecule has 0 aliphatic heterocycles. The van der Waals surface area contributed by atoms with E-state index in [1.165, 1.54) is 31.2 Å². The molecule has 0 unspecified atom stereocenters. The van der Waals surface area contributed by atoms with Crippen molar-refractivity contribution >= 4 is 38.8 Å². The number of hydrogen-bond acceptors (Lipinski definition) is 6. The van der Waals surface area contributed by atoms with Gasteiger partial charge >= 0.3 is 6.18 Å². The summed E-state index contributed by atoms with van der Waals surface area (Å²) in [5.41, 5.74) is -1.59. The number of halogens is 5. The topological polar surface area (TPSA) is 118 Å². The zero-order valence-corrected chi connectivity index (χ0v) is 20.7. The fourth-order valence-corrected chi connectivity index (χ4v) is 4.56. The first kappa shape index (κ1) is 28.0. The van der Waals surface area contributed by atoms with Gasteiger partial charge in [-0.15, -0.1) is 0 Å². The number of aryl methyl sites for hydroxylation is 1. The highest BCUT2D eigenvalue weighted by Crippen LogP contribution is 2.40. The number of alkyl halides is 3. The molecule has 1 aromatic heterocycles. The Hall–Kier alpha value is -3.55. The Labute approximate surface area is 213 Å². The largest absolute Gasteiger partial charge is 0.455 e. The van der Waals surface area contributed by atoms with Crippen LogP contribution in [0.4, 0.5) is 23.2 Å². The van der Waals surface area contributed by atoms with Crippen molar-refractivity contribution < 1.29 is 41.2 Å². The lowest BCUT2D eigenvalue weighted by molar-refractivity contribution is -0.137. The lowest BCUT2D eigenvalue weighted by Gasteiger charge is -2.17. The molecule has 37 heavy (non-hydrogen) atoms. The van der Waals surface area contributed by atoms with Gasteiger partial charge in [0.2, 0.25) is 5.95 Å². The molecule has 196 valence electrons. The first-order valence-electron chi connectivity index (χ1n) is 10.2. The number of nitrogens with zero attached hydrogens (tertiary/aromatic N) is 2. The Morgan fingerprint density at radius 2 is 1.86 bits per heavy atom. The van der Waals surface area contributed by atoms with Crippen molar-refractivity contribution in [3.05, 3.63) is 76.3 Å². The van der Waals surface area contributed by atoms with Gasteiger partial charge in [0.25, 0.3) is 11.8 Å². The SMILES string of the molecule is Cc1nc(F)ccc1Oc1cc(C(F)(F)F)c(Cl)cc1C(=O)Nc1cccc([S@@](C)(=O)=NC(=O)CO)c1. The number of carbonyl (C=O) groups is 2. The number of anilines is 1. The fraction of sp³-hybridized carbons (Fsp3) is 0.174. The van der Waals surface area contributed by atoms with Gasteiger partial charge in [-0.1, -0.05) is 17.7 Å². The van der Waals surface area contributed by atoms with Gasteiger partial charge in [0.05, 0.1) is 31.6 Å². The number of pyridine rings is 1. The van der Waals surface area contributed by atoms with Crippen LogP contribution in [0, 0.1) is 12.9 Å². The molecule has 3 aromatic rings. The molecule has 0 aliphatic carbocycles. The van der Waals surface area contributed by atoms with Crippen molar-refractivity contribution in [2.75, 3.05) is 18.2 Å². The molecule has 1 atom stereocenters. The van der Waals surface area contributed by atoms with Crippen molar-refractivity contribution in [2.24, 2.45) is 4.36 Å². The predicted molar refractivity (Wildman–Crippen MR) is 127 cm³/mol. The zero-order valence-electron chi connectivity index (χ0n) is 19.1. The van der Waals surface area contributed by atoms with E-state index in [4.69, 9.17) is 21.4 Å². The number of rotatable bonds is 6. The molecule has 3 rings (SSSR count). The van der Waals surface area contributed by atoms with Crippen LogP contribution in [0.5, 0.6) is 11.5 Å². The quantitative estimate of drug-likeness (QED) is 0.316. The normalized spacial score (nSPS) is 13.0. The smallest absolute Gasteiger partial charge is 0.417 e. The van der Waals surface area contributed by atoms with E-state index < -0.39 is 62.2 Å². The maximum absolute atomic E-state index is 13.5. The number of nitrogens with one attached hydrogen (secondary N) is 1. The Balaban J connectivity index is 2.04. The average Bonchev–Trinajstić information content (AvgIpc) is 2.80. The molecule has 1 heterocycles. The minimum Gasteiger partial charge on any atom is -0.455 e. The monoisotopic (exact) mass is 559 g/mol. The number of carbonyl (C=O) groups excluding carboxylic acids is 2. The summed E-state index contributed by atoms with van der Waals surface area (Å²) >= 11 is 5.82. The highest BCUT2D eigenvalue weighted by molar-refractivity contribution is 7.93. The van der Waals surface area contributed by atoms with Crippen LogP contribution in [-0.2, 0) is 20.7 Å². The van der Waals surface area contributed by atoms with Gasteiger partial charge in [-0.2, -0.15) is 21.9 Å². The van der Waals surface area contributed by atoms with Gasteiger partial charge in [-0.05, 0) is 49.4 Å². The van der Waals surface area contributed by atoms with Crippen LogP contribution >= 0.6 is 11.6 Å². The van der Waals surface area contributed by atoms with Crippen LogP contribution < -0.4 is 10.1 Å². The van der Waals surface area contributed by atoms with Crippen molar-refractivity contribution in [3.63, 3.8) is 0 Å². The minimum absolute atomic E-state index is 0.0152. The predicted octanol–water partition coefficient (Wildman–Crippen LogP) is 5.22. The summed E-state index contributed by atoms with van der Waals surface area (Å²) in [6, 6.07) is 8.79. The van der Waals surface area contributed by atoms with E-state index in [0.29, 0.717) is 6.07 Å². The van der Waals surface area contributed by atoms with Gasteiger partial charge in [0.15, 0.2) is 0 Å². The summed E-state index contributed by atoms with van der Waals surface area (Å²) in [6.45, 7) is 0.418. The van der Waals surface area contributed by atoms with Crippen LogP contribution in [-0.4, -0.2) is 39.0 Å². The van der Waals surface area contributed by atoms with Gasteiger partial charge in [0, 0.05) is 16.8 Å². The second-order valence-corrected chi connectivity index (χ2v) is 10.2. The van der Waals surface area contributed by atoms with Crippen molar-refractivity contribution in [1.82, 2.24) is 4.98 Å². The molecule has 8 nitrogen and oxygen atoms in total. The molecule has 2 N–H and O–H groups in total. The summed E-state index contributed by atoms with van der Waals surface area (Å²) in [4.78, 5) is 28.1. The molecular weight excluding hydrogens is 542 g/mol. The number of hydrogen-bond donors (Lipinski definition) is 2. The summed E-state index contributed by atoms with van der Waals surface area (Å²) in [5.74, 6) is -3.43. The number of aliphatic hydroxyl groups excluding tert-OH is 1. The molecule has 0 bridgehead atoms. The number of amides is 2. The van der Waals surface area contributed by atoms with Gasteiger partial charge in [-0.25, -0.2) is 9.19 Å². The van der Waals surface area contributed by atoms with Gasteiger partial charge < -0.3 is 15.2 Å². The lowest BCUT2D eigenvalue weighted by atomic mass is 10.1. The third-order valence-electron chi connectivity index (χ3n) is 4.78. The van der Waals surface area contributed by atoms with E-state index in [0.717, 1.165) is 24.5 Å². The second kappa shape index (κ2) is 10.8. The fourth-order valence-electron chi connectivity index (χ4n) is 3.06. The maximum atomic E-state index is 13.5. The van der Waals surface area contributed by atoms with E-state index in [1.807, 2.05) is 0 Å². The Kier molecular flexibility index (Phi) is 8.20.